The minimum atomic E-state index is -3.61. The van der Waals surface area contributed by atoms with Crippen LogP contribution in [0.25, 0.3) is 0 Å². The molecule has 1 atom stereocenters. The second-order valence-corrected chi connectivity index (χ2v) is 9.81. The first-order valence-corrected chi connectivity index (χ1v) is 12.1. The van der Waals surface area contributed by atoms with E-state index in [9.17, 15) is 13.2 Å². The van der Waals surface area contributed by atoms with Crippen molar-refractivity contribution in [1.29, 1.82) is 0 Å². The van der Waals surface area contributed by atoms with Crippen LogP contribution in [0.5, 0.6) is 0 Å². The van der Waals surface area contributed by atoms with E-state index >= 15 is 0 Å². The standard InChI is InChI=1S/C21H28N2O3S2/c1-5-20(21(24)22-11-12-27-19-9-7-6-8-10-19)23(28(4,25)26)18-14-16(2)13-17(3)15-18/h6-10,13-15,20H,5,11-12H2,1-4H3,(H,22,24)/t20-/m0/s1. The number of sulfonamides is 1. The Labute approximate surface area is 172 Å². The summed E-state index contributed by atoms with van der Waals surface area (Å²) in [5.74, 6) is 0.440. The molecule has 0 spiro atoms. The SMILES string of the molecule is CC[C@@H](C(=O)NCCSc1ccccc1)N(c1cc(C)cc(C)c1)S(C)(=O)=O. The molecule has 152 valence electrons. The fourth-order valence-electron chi connectivity index (χ4n) is 3.12. The number of rotatable bonds is 9. The number of hydrogen-bond donors (Lipinski definition) is 1. The minimum Gasteiger partial charge on any atom is -0.353 e. The van der Waals surface area contributed by atoms with Crippen LogP contribution >= 0.6 is 11.8 Å². The highest BCUT2D eigenvalue weighted by Crippen LogP contribution is 2.25. The van der Waals surface area contributed by atoms with E-state index in [1.807, 2.05) is 57.2 Å². The zero-order chi connectivity index (χ0) is 20.7. The van der Waals surface area contributed by atoms with Gasteiger partial charge in [0.05, 0.1) is 11.9 Å². The highest BCUT2D eigenvalue weighted by atomic mass is 32.2. The number of hydrogen-bond acceptors (Lipinski definition) is 4. The molecule has 0 saturated heterocycles. The van der Waals surface area contributed by atoms with Crippen molar-refractivity contribution in [2.75, 3.05) is 22.9 Å². The molecule has 0 saturated carbocycles. The van der Waals surface area contributed by atoms with Crippen molar-refractivity contribution in [1.82, 2.24) is 5.32 Å². The van der Waals surface area contributed by atoms with Crippen molar-refractivity contribution in [3.63, 3.8) is 0 Å². The van der Waals surface area contributed by atoms with E-state index in [2.05, 4.69) is 5.32 Å². The number of benzene rings is 2. The van der Waals surface area contributed by atoms with E-state index in [0.29, 0.717) is 24.4 Å². The largest absolute Gasteiger partial charge is 0.353 e. The van der Waals surface area contributed by atoms with Gasteiger partial charge in [-0.3, -0.25) is 9.10 Å². The van der Waals surface area contributed by atoms with Gasteiger partial charge in [-0.25, -0.2) is 8.42 Å². The lowest BCUT2D eigenvalue weighted by molar-refractivity contribution is -0.122. The number of carbonyl (C=O) groups excluding carboxylic acids is 1. The maximum Gasteiger partial charge on any atom is 0.243 e. The molecule has 1 amide bonds. The highest BCUT2D eigenvalue weighted by Gasteiger charge is 2.31. The second kappa shape index (κ2) is 9.98. The van der Waals surface area contributed by atoms with Crippen molar-refractivity contribution in [3.8, 4) is 0 Å². The Morgan fingerprint density at radius 1 is 1.11 bits per heavy atom. The Balaban J connectivity index is 2.11. The van der Waals surface area contributed by atoms with Crippen molar-refractivity contribution in [2.24, 2.45) is 0 Å². The lowest BCUT2D eigenvalue weighted by Gasteiger charge is -2.30. The summed E-state index contributed by atoms with van der Waals surface area (Å²) in [5.41, 5.74) is 2.44. The van der Waals surface area contributed by atoms with Crippen LogP contribution in [0.1, 0.15) is 24.5 Å². The number of aryl methyl sites for hydroxylation is 2. The second-order valence-electron chi connectivity index (χ2n) is 6.78. The molecule has 0 aliphatic heterocycles. The molecule has 0 heterocycles. The molecule has 28 heavy (non-hydrogen) atoms. The Morgan fingerprint density at radius 3 is 2.25 bits per heavy atom. The van der Waals surface area contributed by atoms with E-state index in [4.69, 9.17) is 0 Å². The predicted molar refractivity (Wildman–Crippen MR) is 117 cm³/mol. The third-order valence-electron chi connectivity index (χ3n) is 4.20. The van der Waals surface area contributed by atoms with Crippen LogP contribution < -0.4 is 9.62 Å². The fourth-order valence-corrected chi connectivity index (χ4v) is 5.10. The van der Waals surface area contributed by atoms with Crippen LogP contribution in [-0.4, -0.2) is 38.9 Å². The zero-order valence-corrected chi connectivity index (χ0v) is 18.4. The average Bonchev–Trinajstić information content (AvgIpc) is 2.61. The van der Waals surface area contributed by atoms with Gasteiger partial charge in [0.15, 0.2) is 0 Å². The van der Waals surface area contributed by atoms with Gasteiger partial charge in [-0.15, -0.1) is 11.8 Å². The summed E-state index contributed by atoms with van der Waals surface area (Å²) in [6.45, 7) is 6.13. The van der Waals surface area contributed by atoms with Crippen molar-refractivity contribution >= 4 is 33.4 Å². The molecule has 2 aromatic carbocycles. The van der Waals surface area contributed by atoms with Crippen molar-refractivity contribution < 1.29 is 13.2 Å². The summed E-state index contributed by atoms with van der Waals surface area (Å²) >= 11 is 1.65. The smallest absolute Gasteiger partial charge is 0.243 e. The quantitative estimate of drug-likeness (QED) is 0.496. The van der Waals surface area contributed by atoms with Gasteiger partial charge in [0.1, 0.15) is 6.04 Å². The molecule has 2 aromatic rings. The summed E-state index contributed by atoms with van der Waals surface area (Å²) in [6, 6.07) is 14.8. The molecule has 0 aliphatic carbocycles. The summed E-state index contributed by atoms with van der Waals surface area (Å²) in [6.07, 6.45) is 1.53. The van der Waals surface area contributed by atoms with Gasteiger partial charge in [-0.05, 0) is 55.7 Å². The number of anilines is 1. The normalized spacial score (nSPS) is 12.4. The van der Waals surface area contributed by atoms with Crippen molar-refractivity contribution in [3.05, 3.63) is 59.7 Å². The van der Waals surface area contributed by atoms with Gasteiger partial charge >= 0.3 is 0 Å². The van der Waals surface area contributed by atoms with Crippen LogP contribution in [0.15, 0.2) is 53.4 Å². The van der Waals surface area contributed by atoms with Crippen LogP contribution in [0.4, 0.5) is 5.69 Å². The van der Waals surface area contributed by atoms with E-state index in [1.165, 1.54) is 4.31 Å². The minimum absolute atomic E-state index is 0.277. The van der Waals surface area contributed by atoms with Gasteiger partial charge in [-0.1, -0.05) is 31.2 Å². The summed E-state index contributed by atoms with van der Waals surface area (Å²) in [7, 11) is -3.61. The topological polar surface area (TPSA) is 66.5 Å². The molecule has 2 rings (SSSR count). The van der Waals surface area contributed by atoms with E-state index in [0.717, 1.165) is 22.3 Å². The first kappa shape index (κ1) is 22.3. The van der Waals surface area contributed by atoms with E-state index in [1.54, 1.807) is 23.9 Å². The first-order chi connectivity index (χ1) is 13.2. The maximum absolute atomic E-state index is 12.8. The van der Waals surface area contributed by atoms with Gasteiger partial charge in [0, 0.05) is 17.2 Å². The number of amides is 1. The number of carbonyl (C=O) groups is 1. The Hall–Kier alpha value is -1.99. The predicted octanol–water partition coefficient (Wildman–Crippen LogP) is 3.76. The summed E-state index contributed by atoms with van der Waals surface area (Å²) in [4.78, 5) is 13.9. The molecule has 0 bridgehead atoms. The first-order valence-electron chi connectivity index (χ1n) is 9.25. The monoisotopic (exact) mass is 420 g/mol. The molecular formula is C21H28N2O3S2. The molecule has 0 aromatic heterocycles. The highest BCUT2D eigenvalue weighted by molar-refractivity contribution is 7.99. The molecule has 5 nitrogen and oxygen atoms in total. The Bertz CT molecular complexity index is 879. The Kier molecular flexibility index (Phi) is 7.95. The van der Waals surface area contributed by atoms with Crippen LogP contribution in [-0.2, 0) is 14.8 Å². The zero-order valence-electron chi connectivity index (χ0n) is 16.8. The Morgan fingerprint density at radius 2 is 1.71 bits per heavy atom. The third kappa shape index (κ3) is 6.27. The average molecular weight is 421 g/mol. The third-order valence-corrected chi connectivity index (χ3v) is 6.40. The summed E-state index contributed by atoms with van der Waals surface area (Å²) < 4.78 is 26.3. The molecule has 0 radical (unpaired) electrons. The lowest BCUT2D eigenvalue weighted by Crippen LogP contribution is -2.49. The van der Waals surface area contributed by atoms with Crippen LogP contribution in [0, 0.1) is 13.8 Å². The van der Waals surface area contributed by atoms with Gasteiger partial charge < -0.3 is 5.32 Å². The van der Waals surface area contributed by atoms with Gasteiger partial charge in [-0.2, -0.15) is 0 Å². The number of thioether (sulfide) groups is 1. The van der Waals surface area contributed by atoms with E-state index < -0.39 is 16.1 Å². The van der Waals surface area contributed by atoms with Crippen LogP contribution in [0.2, 0.25) is 0 Å². The number of nitrogens with zero attached hydrogens (tertiary/aromatic N) is 1. The molecule has 0 unspecified atom stereocenters. The number of nitrogens with one attached hydrogen (secondary N) is 1. The molecule has 0 fully saturated rings. The molecular weight excluding hydrogens is 392 g/mol. The van der Waals surface area contributed by atoms with Crippen LogP contribution in [0.3, 0.4) is 0 Å². The van der Waals surface area contributed by atoms with Crippen molar-refractivity contribution in [2.45, 2.75) is 38.1 Å². The van der Waals surface area contributed by atoms with Gasteiger partial charge in [0.2, 0.25) is 15.9 Å². The lowest BCUT2D eigenvalue weighted by atomic mass is 10.1. The van der Waals surface area contributed by atoms with Gasteiger partial charge in [0.25, 0.3) is 0 Å². The molecule has 7 heteroatoms. The van der Waals surface area contributed by atoms with E-state index in [-0.39, 0.29) is 5.91 Å². The molecule has 0 aliphatic rings. The fraction of sp³-hybridized carbons (Fsp3) is 0.381. The maximum atomic E-state index is 12.8. The summed E-state index contributed by atoms with van der Waals surface area (Å²) in [5, 5.41) is 2.89. The molecule has 1 N–H and O–H groups in total.